The zero-order chi connectivity index (χ0) is 14.2. The first kappa shape index (κ1) is 24.0. The number of rotatable bonds is 10. The smallest absolute Gasteiger partial charge is 0.0417 e. The van der Waals surface area contributed by atoms with Crippen LogP contribution in [-0.2, 0) is 0 Å². The van der Waals surface area contributed by atoms with E-state index in [1.807, 2.05) is 0 Å². The maximum atomic E-state index is 2.30. The Bertz CT molecular complexity index is 100. The van der Waals surface area contributed by atoms with E-state index in [9.17, 15) is 0 Å². The van der Waals surface area contributed by atoms with Crippen LogP contribution in [0.15, 0.2) is 0 Å². The van der Waals surface area contributed by atoms with Crippen LogP contribution in [0.2, 0.25) is 0 Å². The lowest BCUT2D eigenvalue weighted by atomic mass is 9.96. The Hall–Kier alpha value is 0. The molecule has 0 aliphatic carbocycles. The average molecular weight is 273 g/mol. The summed E-state index contributed by atoms with van der Waals surface area (Å²) in [4.78, 5) is 0. The van der Waals surface area contributed by atoms with Gasteiger partial charge in [0.1, 0.15) is 0 Å². The second-order valence-corrected chi connectivity index (χ2v) is 5.70. The highest BCUT2D eigenvalue weighted by Gasteiger charge is 2.01. The molecule has 0 fully saturated rings. The van der Waals surface area contributed by atoms with Crippen molar-refractivity contribution < 1.29 is 0 Å². The summed E-state index contributed by atoms with van der Waals surface area (Å²) in [5, 5.41) is 0. The van der Waals surface area contributed by atoms with Crippen molar-refractivity contribution >= 4 is 0 Å². The van der Waals surface area contributed by atoms with Gasteiger partial charge in [0.2, 0.25) is 0 Å². The number of hydrogen-bond donors (Lipinski definition) is 0. The van der Waals surface area contributed by atoms with Gasteiger partial charge in [0.25, 0.3) is 0 Å². The fourth-order valence-corrected chi connectivity index (χ4v) is 2.74. The second-order valence-electron chi connectivity index (χ2n) is 5.70. The molecule has 19 heavy (non-hydrogen) atoms. The topological polar surface area (TPSA) is 0 Å². The van der Waals surface area contributed by atoms with Crippen LogP contribution in [0.1, 0.15) is 113 Å². The van der Waals surface area contributed by atoms with Gasteiger partial charge in [0.05, 0.1) is 0 Å². The molecule has 0 heterocycles. The molecule has 0 saturated carbocycles. The fourth-order valence-electron chi connectivity index (χ4n) is 2.74. The Kier molecular flexibility index (Phi) is 25.7. The Labute approximate surface area is 125 Å². The molecular formula is C19H44. The Balaban J connectivity index is -0.000000256. The molecule has 0 N–H and O–H groups in total. The minimum Gasteiger partial charge on any atom is -0.0776 e. The van der Waals surface area contributed by atoms with Gasteiger partial charge in [-0.3, -0.25) is 0 Å². The molecule has 0 bridgehead atoms. The zero-order valence-corrected chi connectivity index (χ0v) is 14.2. The van der Waals surface area contributed by atoms with Crippen molar-refractivity contribution in [2.24, 2.45) is 11.8 Å². The minimum absolute atomic E-state index is 0. The zero-order valence-electron chi connectivity index (χ0n) is 14.2. The molecule has 0 spiro atoms. The summed E-state index contributed by atoms with van der Waals surface area (Å²) < 4.78 is 0. The van der Waals surface area contributed by atoms with Crippen LogP contribution in [0, 0.1) is 11.8 Å². The molecule has 0 radical (unpaired) electrons. The molecule has 0 nitrogen and oxygen atoms in total. The molecule has 0 aromatic carbocycles. The van der Waals surface area contributed by atoms with Crippen LogP contribution in [0.25, 0.3) is 0 Å². The van der Waals surface area contributed by atoms with E-state index in [1.54, 1.807) is 0 Å². The van der Waals surface area contributed by atoms with Crippen LogP contribution < -0.4 is 0 Å². The van der Waals surface area contributed by atoms with E-state index in [1.165, 1.54) is 64.2 Å². The third kappa shape index (κ3) is 18.0. The molecule has 0 aliphatic rings. The first-order chi connectivity index (χ1) is 8.69. The second kappa shape index (κ2) is 20.3. The number of hydrogen-bond acceptors (Lipinski definition) is 0. The standard InChI is InChI=1S/2C9H20.CH4/c2*1-4-7-9(6-3)8-5-2;/h2*9H,4-8H2,1-3H3;1H4. The molecule has 0 unspecified atom stereocenters. The summed E-state index contributed by atoms with van der Waals surface area (Å²) >= 11 is 0. The molecule has 0 amide bonds. The Morgan fingerprint density at radius 1 is 0.474 bits per heavy atom. The van der Waals surface area contributed by atoms with Gasteiger partial charge in [0, 0.05) is 0 Å². The summed E-state index contributed by atoms with van der Waals surface area (Å²) in [6.45, 7) is 13.7. The molecule has 0 saturated heterocycles. The summed E-state index contributed by atoms with van der Waals surface area (Å²) in [7, 11) is 0. The summed E-state index contributed by atoms with van der Waals surface area (Å²) in [6.07, 6.45) is 13.9. The molecule has 0 heteroatoms. The molecular weight excluding hydrogens is 228 g/mol. The van der Waals surface area contributed by atoms with Gasteiger partial charge in [0.15, 0.2) is 0 Å². The van der Waals surface area contributed by atoms with Crippen molar-refractivity contribution in [3.05, 3.63) is 0 Å². The van der Waals surface area contributed by atoms with Gasteiger partial charge in [-0.25, -0.2) is 0 Å². The summed E-state index contributed by atoms with van der Waals surface area (Å²) in [5.74, 6) is 2.03. The third-order valence-electron chi connectivity index (χ3n) is 3.94. The Morgan fingerprint density at radius 2 is 0.684 bits per heavy atom. The first-order valence-corrected chi connectivity index (χ1v) is 8.69. The van der Waals surface area contributed by atoms with Gasteiger partial charge in [-0.15, -0.1) is 0 Å². The third-order valence-corrected chi connectivity index (χ3v) is 3.94. The highest BCUT2D eigenvalue weighted by molar-refractivity contribution is 4.54. The summed E-state index contributed by atoms with van der Waals surface area (Å²) in [6, 6.07) is 0. The van der Waals surface area contributed by atoms with Crippen molar-refractivity contribution in [2.45, 2.75) is 113 Å². The van der Waals surface area contributed by atoms with Crippen molar-refractivity contribution in [1.82, 2.24) is 0 Å². The molecule has 0 aromatic rings. The van der Waals surface area contributed by atoms with Crippen LogP contribution in [0.4, 0.5) is 0 Å². The lowest BCUT2D eigenvalue weighted by molar-refractivity contribution is 0.427. The van der Waals surface area contributed by atoms with Crippen molar-refractivity contribution in [2.75, 3.05) is 0 Å². The van der Waals surface area contributed by atoms with Crippen LogP contribution >= 0.6 is 0 Å². The van der Waals surface area contributed by atoms with Crippen molar-refractivity contribution in [3.63, 3.8) is 0 Å². The van der Waals surface area contributed by atoms with E-state index in [0.29, 0.717) is 0 Å². The lowest BCUT2D eigenvalue weighted by Gasteiger charge is -2.10. The summed E-state index contributed by atoms with van der Waals surface area (Å²) in [5.41, 5.74) is 0. The lowest BCUT2D eigenvalue weighted by Crippen LogP contribution is -1.96. The van der Waals surface area contributed by atoms with Gasteiger partial charge in [-0.05, 0) is 11.8 Å². The Morgan fingerprint density at radius 3 is 0.789 bits per heavy atom. The van der Waals surface area contributed by atoms with Gasteiger partial charge in [-0.2, -0.15) is 0 Å². The fraction of sp³-hybridized carbons (Fsp3) is 1.00. The highest BCUT2D eigenvalue weighted by atomic mass is 14.1. The maximum absolute atomic E-state index is 2.30. The molecule has 0 rings (SSSR count). The largest absolute Gasteiger partial charge is 0.0776 e. The monoisotopic (exact) mass is 272 g/mol. The van der Waals surface area contributed by atoms with E-state index >= 15 is 0 Å². The van der Waals surface area contributed by atoms with E-state index in [-0.39, 0.29) is 7.43 Å². The molecule has 120 valence electrons. The minimum atomic E-state index is 0. The average Bonchev–Trinajstić information content (AvgIpc) is 2.39. The SMILES string of the molecule is C.CCCC(CC)CCC.CCCC(CC)CCC. The maximum Gasteiger partial charge on any atom is -0.0417 e. The van der Waals surface area contributed by atoms with E-state index in [2.05, 4.69) is 41.5 Å². The van der Waals surface area contributed by atoms with Gasteiger partial charge < -0.3 is 0 Å². The van der Waals surface area contributed by atoms with Crippen molar-refractivity contribution in [1.29, 1.82) is 0 Å². The van der Waals surface area contributed by atoms with Crippen LogP contribution in [0.3, 0.4) is 0 Å². The highest BCUT2D eigenvalue weighted by Crippen LogP contribution is 2.16. The quantitative estimate of drug-likeness (QED) is 0.379. The van der Waals surface area contributed by atoms with E-state index in [0.717, 1.165) is 11.8 Å². The van der Waals surface area contributed by atoms with Crippen LogP contribution in [-0.4, -0.2) is 0 Å². The van der Waals surface area contributed by atoms with Gasteiger partial charge >= 0.3 is 0 Å². The molecule has 0 aromatic heterocycles. The normalized spacial score (nSPS) is 10.1. The molecule has 0 atom stereocenters. The van der Waals surface area contributed by atoms with Crippen LogP contribution in [0.5, 0.6) is 0 Å². The first-order valence-electron chi connectivity index (χ1n) is 8.69. The molecule has 0 aliphatic heterocycles. The van der Waals surface area contributed by atoms with Crippen molar-refractivity contribution in [3.8, 4) is 0 Å². The van der Waals surface area contributed by atoms with Gasteiger partial charge in [-0.1, -0.05) is 113 Å². The van der Waals surface area contributed by atoms with E-state index < -0.39 is 0 Å². The predicted octanol–water partition coefficient (Wildman–Crippen LogP) is 7.86. The van der Waals surface area contributed by atoms with E-state index in [4.69, 9.17) is 0 Å². The predicted molar refractivity (Wildman–Crippen MR) is 93.9 cm³/mol.